The van der Waals surface area contributed by atoms with E-state index in [2.05, 4.69) is 50.5 Å². The van der Waals surface area contributed by atoms with Crippen molar-refractivity contribution < 1.29 is 18.9 Å². The molecule has 4 nitrogen and oxygen atoms in total. The lowest BCUT2D eigenvalue weighted by Gasteiger charge is -2.32. The molecule has 0 aromatic heterocycles. The van der Waals surface area contributed by atoms with Gasteiger partial charge in [0.2, 0.25) is 0 Å². The zero-order valence-electron chi connectivity index (χ0n) is 20.2. The molecule has 0 N–H and O–H groups in total. The molecule has 0 aliphatic heterocycles. The maximum atomic E-state index is 6.15. The van der Waals surface area contributed by atoms with Crippen LogP contribution in [0.5, 0.6) is 0 Å². The largest absolute Gasteiger partial charge is 0.412 e. The van der Waals surface area contributed by atoms with Crippen molar-refractivity contribution in [3.05, 3.63) is 0 Å². The average molecular weight is 531 g/mol. The summed E-state index contributed by atoms with van der Waals surface area (Å²) in [4.78, 5) is 0. The van der Waals surface area contributed by atoms with E-state index >= 15 is 0 Å². The predicted octanol–water partition coefficient (Wildman–Crippen LogP) is 7.23. The molecular weight excluding hydrogens is 481 g/mol. The highest BCUT2D eigenvalue weighted by Crippen LogP contribution is 2.22. The minimum absolute atomic E-state index is 0.562. The molecule has 0 saturated heterocycles. The molecule has 32 heavy (non-hydrogen) atoms. The Morgan fingerprint density at radius 2 is 0.531 bits per heavy atom. The first-order valence-corrected chi connectivity index (χ1v) is 15.3. The van der Waals surface area contributed by atoms with Gasteiger partial charge in [0.15, 0.2) is 0 Å². The molecule has 0 aliphatic carbocycles. The number of unbranched alkanes of at least 4 members (excludes halogenated alkanes) is 11. The molecule has 0 spiro atoms. The first kappa shape index (κ1) is 33.2. The van der Waals surface area contributed by atoms with Gasteiger partial charge in [-0.2, -0.15) is 50.5 Å². The molecule has 0 unspecified atom stereocenters. The van der Waals surface area contributed by atoms with Crippen LogP contribution in [-0.2, 0) is 18.9 Å². The summed E-state index contributed by atoms with van der Waals surface area (Å²) < 4.78 is 24.6. The van der Waals surface area contributed by atoms with E-state index in [1.807, 2.05) is 0 Å². The number of ether oxygens (including phenoxy) is 4. The summed E-state index contributed by atoms with van der Waals surface area (Å²) in [5.74, 6) is 3.71. The minimum Gasteiger partial charge on any atom is -0.303 e. The van der Waals surface area contributed by atoms with Crippen LogP contribution in [-0.4, -0.2) is 55.6 Å². The summed E-state index contributed by atoms with van der Waals surface area (Å²) >= 11 is 17.2. The van der Waals surface area contributed by atoms with Crippen LogP contribution in [0.25, 0.3) is 0 Å². The van der Waals surface area contributed by atoms with Gasteiger partial charge in [-0.1, -0.05) is 44.9 Å². The topological polar surface area (TPSA) is 36.9 Å². The fourth-order valence-corrected chi connectivity index (χ4v) is 4.03. The van der Waals surface area contributed by atoms with Crippen molar-refractivity contribution in [3.8, 4) is 0 Å². The molecule has 0 saturated carbocycles. The highest BCUT2D eigenvalue weighted by molar-refractivity contribution is 7.80. The quantitative estimate of drug-likeness (QED) is 0.0513. The second-order valence-corrected chi connectivity index (χ2v) is 9.88. The minimum atomic E-state index is -1.38. The SMILES string of the molecule is SCCCCCCOC(OCCCCCS)(OCCCCCCS)OCCCCCCS. The Bertz CT molecular complexity index is 324. The van der Waals surface area contributed by atoms with Gasteiger partial charge in [-0.3, -0.25) is 0 Å². The molecule has 0 bridgehead atoms. The molecule has 0 fully saturated rings. The van der Waals surface area contributed by atoms with E-state index in [-0.39, 0.29) is 0 Å². The predicted molar refractivity (Wildman–Crippen MR) is 151 cm³/mol. The molecule has 0 radical (unpaired) electrons. The van der Waals surface area contributed by atoms with Gasteiger partial charge in [-0.25, -0.2) is 0 Å². The number of hydrogen-bond acceptors (Lipinski definition) is 8. The van der Waals surface area contributed by atoms with Crippen molar-refractivity contribution in [2.24, 2.45) is 0 Å². The van der Waals surface area contributed by atoms with E-state index in [4.69, 9.17) is 18.9 Å². The molecule has 8 heteroatoms. The Balaban J connectivity index is 4.72. The summed E-state index contributed by atoms with van der Waals surface area (Å²) in [6.45, 7) is 2.28. The van der Waals surface area contributed by atoms with Gasteiger partial charge in [0, 0.05) is 0 Å². The molecule has 0 atom stereocenters. The Labute approximate surface area is 220 Å². The van der Waals surface area contributed by atoms with Gasteiger partial charge in [-0.15, -0.1) is 0 Å². The van der Waals surface area contributed by atoms with Crippen LogP contribution in [0.3, 0.4) is 0 Å². The number of hydrogen-bond donors (Lipinski definition) is 4. The summed E-state index contributed by atoms with van der Waals surface area (Å²) in [6, 6.07) is 0. The van der Waals surface area contributed by atoms with Crippen molar-refractivity contribution in [3.63, 3.8) is 0 Å². The van der Waals surface area contributed by atoms with E-state index in [0.717, 1.165) is 100 Å². The fraction of sp³-hybridized carbons (Fsp3) is 1.00. The Kier molecular flexibility index (Phi) is 27.9. The Morgan fingerprint density at radius 3 is 0.781 bits per heavy atom. The maximum Gasteiger partial charge on any atom is 0.412 e. The van der Waals surface area contributed by atoms with E-state index in [1.165, 1.54) is 19.3 Å². The summed E-state index contributed by atoms with van der Waals surface area (Å²) in [7, 11) is 0. The summed E-state index contributed by atoms with van der Waals surface area (Å²) in [5.41, 5.74) is 0. The Hall–Kier alpha value is 1.24. The molecular formula is C24H50O4S4. The van der Waals surface area contributed by atoms with Crippen LogP contribution in [0.4, 0.5) is 0 Å². The van der Waals surface area contributed by atoms with E-state index in [1.54, 1.807) is 0 Å². The highest BCUT2D eigenvalue weighted by Gasteiger charge is 2.35. The van der Waals surface area contributed by atoms with Crippen molar-refractivity contribution in [1.29, 1.82) is 0 Å². The lowest BCUT2D eigenvalue weighted by atomic mass is 10.2. The zero-order valence-corrected chi connectivity index (χ0v) is 23.8. The van der Waals surface area contributed by atoms with Crippen molar-refractivity contribution in [2.45, 2.75) is 102 Å². The first-order valence-electron chi connectivity index (χ1n) is 12.7. The molecule has 0 heterocycles. The standard InChI is InChI=1S/C24H50O4S4/c29-20-12-4-1-8-16-25-24(28-19-11-7-15-23-32,26-17-9-2-5-13-21-30)27-18-10-3-6-14-22-31/h29-32H,1-23H2. The second-order valence-electron chi connectivity index (χ2n) is 8.09. The van der Waals surface area contributed by atoms with Crippen LogP contribution in [0.15, 0.2) is 0 Å². The van der Waals surface area contributed by atoms with Crippen LogP contribution in [0, 0.1) is 0 Å². The second kappa shape index (κ2) is 26.8. The van der Waals surface area contributed by atoms with Gasteiger partial charge in [-0.05, 0) is 74.4 Å². The third kappa shape index (κ3) is 21.8. The number of rotatable bonds is 27. The van der Waals surface area contributed by atoms with Crippen LogP contribution < -0.4 is 0 Å². The summed E-state index contributed by atoms with van der Waals surface area (Å²) in [6.07, 6.45) is 14.9. The van der Waals surface area contributed by atoms with E-state index in [0.29, 0.717) is 26.4 Å². The van der Waals surface area contributed by atoms with Crippen LogP contribution in [0.1, 0.15) is 96.3 Å². The van der Waals surface area contributed by atoms with Crippen LogP contribution in [0.2, 0.25) is 0 Å². The van der Waals surface area contributed by atoms with Crippen molar-refractivity contribution in [1.82, 2.24) is 0 Å². The van der Waals surface area contributed by atoms with Gasteiger partial charge in [0.05, 0.1) is 26.4 Å². The monoisotopic (exact) mass is 530 g/mol. The lowest BCUT2D eigenvalue weighted by molar-refractivity contribution is -0.499. The van der Waals surface area contributed by atoms with Crippen molar-refractivity contribution in [2.75, 3.05) is 49.4 Å². The zero-order chi connectivity index (χ0) is 23.6. The average Bonchev–Trinajstić information content (AvgIpc) is 2.80. The highest BCUT2D eigenvalue weighted by atomic mass is 32.1. The van der Waals surface area contributed by atoms with E-state index < -0.39 is 6.16 Å². The molecule has 0 rings (SSSR count). The van der Waals surface area contributed by atoms with Crippen molar-refractivity contribution >= 4 is 50.5 Å². The van der Waals surface area contributed by atoms with Gasteiger partial charge in [0.25, 0.3) is 0 Å². The summed E-state index contributed by atoms with van der Waals surface area (Å²) in [5, 5.41) is 0. The molecule has 0 aliphatic rings. The van der Waals surface area contributed by atoms with Crippen LogP contribution >= 0.6 is 50.5 Å². The van der Waals surface area contributed by atoms with Gasteiger partial charge in [0.1, 0.15) is 0 Å². The van der Waals surface area contributed by atoms with E-state index in [9.17, 15) is 0 Å². The Morgan fingerprint density at radius 1 is 0.312 bits per heavy atom. The first-order chi connectivity index (χ1) is 15.7. The molecule has 194 valence electrons. The maximum absolute atomic E-state index is 6.15. The molecule has 0 aromatic rings. The third-order valence-electron chi connectivity index (χ3n) is 5.08. The fourth-order valence-electron chi connectivity index (χ4n) is 3.13. The number of thiol groups is 4. The normalized spacial score (nSPS) is 12.0. The van der Waals surface area contributed by atoms with Gasteiger partial charge >= 0.3 is 6.16 Å². The lowest BCUT2D eigenvalue weighted by Crippen LogP contribution is -2.43. The van der Waals surface area contributed by atoms with Gasteiger partial charge < -0.3 is 18.9 Å². The molecule has 0 aromatic carbocycles. The third-order valence-corrected chi connectivity index (χ3v) is 6.34. The smallest absolute Gasteiger partial charge is 0.303 e. The molecule has 0 amide bonds.